The number of aromatic nitrogens is 2. The molecule has 2 heterocycles. The van der Waals surface area contributed by atoms with Crippen molar-refractivity contribution in [2.45, 2.75) is 51.5 Å². The lowest BCUT2D eigenvalue weighted by Gasteiger charge is -2.19. The lowest BCUT2D eigenvalue weighted by Crippen LogP contribution is -2.26. The van der Waals surface area contributed by atoms with Gasteiger partial charge in [0.25, 0.3) is 11.8 Å². The minimum absolute atomic E-state index is 0.00999. The highest BCUT2D eigenvalue weighted by Gasteiger charge is 2.30. The molecule has 4 rings (SSSR count). The van der Waals surface area contributed by atoms with Gasteiger partial charge in [0.1, 0.15) is 11.7 Å². The summed E-state index contributed by atoms with van der Waals surface area (Å²) in [6.45, 7) is 7.88. The molecule has 2 aromatic rings. The number of carbonyl (C=O) groups is 1. The first kappa shape index (κ1) is 30.5. The second-order valence-corrected chi connectivity index (χ2v) is 10.3. The Morgan fingerprint density at radius 2 is 2.14 bits per heavy atom. The van der Waals surface area contributed by atoms with E-state index < -0.39 is 5.92 Å². The van der Waals surface area contributed by atoms with Crippen molar-refractivity contribution in [1.82, 2.24) is 20.2 Å². The van der Waals surface area contributed by atoms with Crippen LogP contribution in [0, 0.1) is 12.3 Å². The summed E-state index contributed by atoms with van der Waals surface area (Å²) in [6, 6.07) is 5.09. The van der Waals surface area contributed by atoms with Crippen LogP contribution in [0.25, 0.3) is 16.6 Å². The molecule has 0 saturated heterocycles. The molecule has 2 aliphatic rings. The first-order valence-electron chi connectivity index (χ1n) is 14.0. The molecule has 6 N–H and O–H groups in total. The number of nitrogens with zero attached hydrogens (tertiary/aromatic N) is 3. The Morgan fingerprint density at radius 1 is 1.36 bits per heavy atom. The molecule has 220 valence electrons. The van der Waals surface area contributed by atoms with Gasteiger partial charge in [0, 0.05) is 42.4 Å². The second-order valence-electron chi connectivity index (χ2n) is 10.3. The maximum Gasteiger partial charge on any atom is 0.271 e. The molecule has 0 spiro atoms. The third-order valence-corrected chi connectivity index (χ3v) is 7.29. The van der Waals surface area contributed by atoms with Crippen LogP contribution in [0.4, 0.5) is 8.78 Å². The van der Waals surface area contributed by atoms with Crippen molar-refractivity contribution in [2.75, 3.05) is 19.6 Å². The van der Waals surface area contributed by atoms with Crippen molar-refractivity contribution in [3.63, 3.8) is 0 Å². The summed E-state index contributed by atoms with van der Waals surface area (Å²) in [5, 5.41) is 6.24. The van der Waals surface area contributed by atoms with Gasteiger partial charge in [0.15, 0.2) is 0 Å². The van der Waals surface area contributed by atoms with Crippen LogP contribution in [0.15, 0.2) is 76.6 Å². The number of imidazole rings is 1. The number of hydrogen-bond acceptors (Lipinski definition) is 6. The number of rotatable bonds is 11. The Hall–Kier alpha value is -4.49. The number of amides is 1. The van der Waals surface area contributed by atoms with E-state index in [0.717, 1.165) is 67.1 Å². The third-order valence-electron chi connectivity index (χ3n) is 7.29. The molecule has 1 aliphatic carbocycles. The number of alkyl halides is 2. The van der Waals surface area contributed by atoms with Crippen LogP contribution in [0.2, 0.25) is 0 Å². The number of benzene rings is 1. The predicted octanol–water partition coefficient (Wildman–Crippen LogP) is 4.74. The van der Waals surface area contributed by atoms with E-state index in [4.69, 9.17) is 27.9 Å². The Labute approximate surface area is 245 Å². The zero-order valence-corrected chi connectivity index (χ0v) is 24.0. The number of nitrogens with two attached hydrogens (primary N) is 2. The lowest BCUT2D eigenvalue weighted by atomic mass is 10.00. The van der Waals surface area contributed by atoms with E-state index >= 15 is 0 Å². The lowest BCUT2D eigenvalue weighted by molar-refractivity contribution is 0.0675. The van der Waals surface area contributed by atoms with E-state index in [-0.39, 0.29) is 24.1 Å². The number of aliphatic imine (C=N–C) groups is 1. The maximum atomic E-state index is 13.9. The average Bonchev–Trinajstić information content (AvgIpc) is 3.28. The zero-order chi connectivity index (χ0) is 30.4. The highest BCUT2D eigenvalue weighted by Crippen LogP contribution is 2.37. The summed E-state index contributed by atoms with van der Waals surface area (Å²) in [5.41, 5.74) is 17.0. The number of allylic oxidation sites excluding steroid dienone is 7. The van der Waals surface area contributed by atoms with E-state index in [0.29, 0.717) is 35.5 Å². The fraction of sp³-hybridized carbons (Fsp3) is 0.344. The molecule has 0 radical (unpaired) electrons. The molecule has 1 aromatic carbocycles. The highest BCUT2D eigenvalue weighted by atomic mass is 19.3. The topological polar surface area (TPSA) is 123 Å². The van der Waals surface area contributed by atoms with Crippen molar-refractivity contribution in [1.29, 1.82) is 0 Å². The van der Waals surface area contributed by atoms with Gasteiger partial charge in [-0.15, -0.1) is 6.42 Å². The SMILES string of the molecule is C#C/C=C(\C=C(/C=C)CNC(=O)c1ccc2c(c1)nc1n2C(CC)C(N)=NC2=C1C=C(NCCCN)CC2)C(C)(F)F. The quantitative estimate of drug-likeness (QED) is 0.176. The molecule has 1 unspecified atom stereocenters. The number of carbonyl (C=O) groups excluding carboxylic acids is 1. The summed E-state index contributed by atoms with van der Waals surface area (Å²) in [6.07, 6.45) is 14.1. The Morgan fingerprint density at radius 3 is 2.81 bits per heavy atom. The summed E-state index contributed by atoms with van der Waals surface area (Å²) in [4.78, 5) is 22.9. The highest BCUT2D eigenvalue weighted by molar-refractivity contribution is 5.99. The Kier molecular flexibility index (Phi) is 9.43. The van der Waals surface area contributed by atoms with E-state index in [9.17, 15) is 13.6 Å². The number of nitrogens with one attached hydrogen (secondary N) is 2. The number of hydrogen-bond donors (Lipinski definition) is 4. The van der Waals surface area contributed by atoms with Crippen molar-refractivity contribution in [3.05, 3.63) is 83.0 Å². The van der Waals surface area contributed by atoms with Gasteiger partial charge in [0.05, 0.1) is 22.8 Å². The molecule has 0 fully saturated rings. The van der Waals surface area contributed by atoms with Gasteiger partial charge < -0.3 is 26.7 Å². The van der Waals surface area contributed by atoms with Gasteiger partial charge in [-0.2, -0.15) is 0 Å². The fourth-order valence-corrected chi connectivity index (χ4v) is 5.07. The fourth-order valence-electron chi connectivity index (χ4n) is 5.07. The van der Waals surface area contributed by atoms with E-state index in [1.807, 2.05) is 13.0 Å². The largest absolute Gasteiger partial charge is 0.388 e. The Balaban J connectivity index is 1.66. The first-order chi connectivity index (χ1) is 20.1. The number of terminal acetylenes is 1. The summed E-state index contributed by atoms with van der Waals surface area (Å²) in [7, 11) is 0. The average molecular weight is 574 g/mol. The maximum absolute atomic E-state index is 13.9. The van der Waals surface area contributed by atoms with Crippen LogP contribution >= 0.6 is 0 Å². The molecule has 0 bridgehead atoms. The molecule has 1 aromatic heterocycles. The van der Waals surface area contributed by atoms with Crippen molar-refractivity contribution < 1.29 is 13.6 Å². The summed E-state index contributed by atoms with van der Waals surface area (Å²) < 4.78 is 29.9. The van der Waals surface area contributed by atoms with Crippen LogP contribution in [0.1, 0.15) is 61.8 Å². The number of fused-ring (bicyclic) bond motifs is 4. The van der Waals surface area contributed by atoms with Crippen LogP contribution < -0.4 is 22.1 Å². The van der Waals surface area contributed by atoms with Gasteiger partial charge in [0.2, 0.25) is 0 Å². The van der Waals surface area contributed by atoms with Gasteiger partial charge >= 0.3 is 0 Å². The van der Waals surface area contributed by atoms with Gasteiger partial charge in [-0.3, -0.25) is 4.79 Å². The molecule has 8 nitrogen and oxygen atoms in total. The van der Waals surface area contributed by atoms with Crippen molar-refractivity contribution in [2.24, 2.45) is 16.5 Å². The van der Waals surface area contributed by atoms with Gasteiger partial charge in [-0.25, -0.2) is 18.8 Å². The monoisotopic (exact) mass is 573 g/mol. The van der Waals surface area contributed by atoms with E-state index in [1.54, 1.807) is 12.1 Å². The van der Waals surface area contributed by atoms with Crippen LogP contribution in [-0.4, -0.2) is 46.9 Å². The molecule has 1 atom stereocenters. The van der Waals surface area contributed by atoms with Gasteiger partial charge in [-0.05, 0) is 74.2 Å². The van der Waals surface area contributed by atoms with Gasteiger partial charge in [-0.1, -0.05) is 25.5 Å². The minimum atomic E-state index is -3.14. The molecule has 1 amide bonds. The molecule has 0 saturated carbocycles. The molecule has 42 heavy (non-hydrogen) atoms. The Bertz CT molecular complexity index is 1580. The van der Waals surface area contributed by atoms with Crippen LogP contribution in [0.3, 0.4) is 0 Å². The zero-order valence-electron chi connectivity index (χ0n) is 24.0. The number of amidine groups is 1. The van der Waals surface area contributed by atoms with Crippen molar-refractivity contribution >= 4 is 28.3 Å². The summed E-state index contributed by atoms with van der Waals surface area (Å²) >= 11 is 0. The van der Waals surface area contributed by atoms with Crippen LogP contribution in [-0.2, 0) is 0 Å². The molecule has 1 aliphatic heterocycles. The minimum Gasteiger partial charge on any atom is -0.388 e. The molecule has 10 heteroatoms. The normalized spacial score (nSPS) is 17.5. The molecular formula is C32H37F2N7O. The smallest absolute Gasteiger partial charge is 0.271 e. The number of halogens is 2. The summed E-state index contributed by atoms with van der Waals surface area (Å²) in [5.74, 6) is -0.113. The van der Waals surface area contributed by atoms with Crippen LogP contribution in [0.5, 0.6) is 0 Å². The standard InChI is InChI=1S/C32H37F2N7O/c1-5-9-22(32(4,33)34)16-20(6-2)19-38-31(42)21-10-13-28-26(17-21)40-30-24-18-23(37-15-8-14-35)11-12-25(24)39-29(36)27(7-3)41(28)30/h1,6,9-10,13,16-18,27,37H,2,7-8,11-12,14-15,19,35H2,3-4H3,(H2,36,39)(H,38,42)/b20-16+,22-9+. The third kappa shape index (κ3) is 6.52. The first-order valence-corrected chi connectivity index (χ1v) is 14.0. The molecular weight excluding hydrogens is 536 g/mol. The van der Waals surface area contributed by atoms with Crippen molar-refractivity contribution in [3.8, 4) is 12.3 Å². The second kappa shape index (κ2) is 13.0. The van der Waals surface area contributed by atoms with E-state index in [2.05, 4.69) is 33.8 Å². The van der Waals surface area contributed by atoms with E-state index in [1.165, 1.54) is 12.2 Å². The predicted molar refractivity (Wildman–Crippen MR) is 165 cm³/mol.